The minimum Gasteiger partial charge on any atom is -0.337 e. The summed E-state index contributed by atoms with van der Waals surface area (Å²) in [6, 6.07) is 25.5. The molecular weight excluding hydrogens is 533 g/mol. The van der Waals surface area contributed by atoms with E-state index in [9.17, 15) is 18.8 Å². The van der Waals surface area contributed by atoms with E-state index in [0.29, 0.717) is 19.4 Å². The molecule has 0 aromatic heterocycles. The number of piperazine rings is 1. The van der Waals surface area contributed by atoms with Crippen LogP contribution in [0.1, 0.15) is 48.8 Å². The molecule has 0 aliphatic carbocycles. The van der Waals surface area contributed by atoms with E-state index in [1.165, 1.54) is 23.3 Å². The number of amides is 4. The van der Waals surface area contributed by atoms with Crippen LogP contribution < -0.4 is 5.32 Å². The second-order valence-corrected chi connectivity index (χ2v) is 11.0. The Bertz CT molecular complexity index is 1330. The first-order chi connectivity index (χ1) is 20.4. The van der Waals surface area contributed by atoms with Crippen molar-refractivity contribution in [1.29, 1.82) is 0 Å². The Kier molecular flexibility index (Phi) is 9.17. The number of fused-ring (bicyclic) bond motifs is 1. The third-order valence-electron chi connectivity index (χ3n) is 8.16. The maximum Gasteiger partial charge on any atom is 0.334 e. The Morgan fingerprint density at radius 2 is 1.57 bits per heavy atom. The predicted molar refractivity (Wildman–Crippen MR) is 158 cm³/mol. The van der Waals surface area contributed by atoms with Gasteiger partial charge in [-0.1, -0.05) is 86.1 Å². The van der Waals surface area contributed by atoms with Crippen LogP contribution in [0.25, 0.3) is 0 Å². The molecule has 0 bridgehead atoms. The van der Waals surface area contributed by atoms with Gasteiger partial charge in [-0.3, -0.25) is 9.59 Å². The van der Waals surface area contributed by atoms with E-state index in [4.69, 9.17) is 0 Å². The van der Waals surface area contributed by atoms with Gasteiger partial charge >= 0.3 is 6.03 Å². The average molecular weight is 572 g/mol. The first-order valence-electron chi connectivity index (χ1n) is 14.6. The predicted octanol–water partition coefficient (Wildman–Crippen LogP) is 4.59. The van der Waals surface area contributed by atoms with Crippen molar-refractivity contribution in [3.8, 4) is 0 Å². The van der Waals surface area contributed by atoms with E-state index in [-0.39, 0.29) is 49.2 Å². The standard InChI is InChI=1S/C33H38FN5O3/c1-3-10-29-32(41)37(20-19-28(25-11-6-4-7-12-25)26-13-8-5-9-14-26)22-30-38(29)31(40)23-36(2)39(30)33(42)35-21-24-15-17-27(34)18-16-24/h4-9,11-18,28-30H,3,10,19-23H2,1-2H3,(H,35,42)/t29-,30-/m0/s1. The van der Waals surface area contributed by atoms with Crippen LogP contribution >= 0.6 is 0 Å². The summed E-state index contributed by atoms with van der Waals surface area (Å²) < 4.78 is 13.4. The molecule has 0 unspecified atom stereocenters. The zero-order valence-corrected chi connectivity index (χ0v) is 24.2. The summed E-state index contributed by atoms with van der Waals surface area (Å²) in [6.45, 7) is 2.91. The van der Waals surface area contributed by atoms with Crippen LogP contribution in [0.15, 0.2) is 84.9 Å². The SMILES string of the molecule is CCC[C@H]1C(=O)N(CCC(c2ccccc2)c2ccccc2)C[C@H]2N1C(=O)CN(C)N2C(=O)NCc1ccc(F)cc1. The normalized spacial score (nSPS) is 19.3. The number of benzene rings is 3. The molecule has 2 fully saturated rings. The molecule has 0 saturated carbocycles. The van der Waals surface area contributed by atoms with E-state index in [1.807, 2.05) is 48.2 Å². The number of carbonyl (C=O) groups excluding carboxylic acids is 3. The summed E-state index contributed by atoms with van der Waals surface area (Å²) in [5, 5.41) is 6.09. The number of likely N-dealkylation sites (N-methyl/N-ethyl adjacent to an activating group) is 1. The van der Waals surface area contributed by atoms with Gasteiger partial charge in [0.05, 0.1) is 13.1 Å². The zero-order chi connectivity index (χ0) is 29.6. The first-order valence-corrected chi connectivity index (χ1v) is 14.6. The molecule has 2 saturated heterocycles. The monoisotopic (exact) mass is 571 g/mol. The quantitative estimate of drug-likeness (QED) is 0.408. The van der Waals surface area contributed by atoms with Crippen molar-refractivity contribution in [3.05, 3.63) is 107 Å². The van der Waals surface area contributed by atoms with E-state index in [0.717, 1.165) is 12.0 Å². The van der Waals surface area contributed by atoms with Crippen molar-refractivity contribution in [2.75, 3.05) is 26.7 Å². The minimum atomic E-state index is -0.634. The summed E-state index contributed by atoms with van der Waals surface area (Å²) in [6.07, 6.45) is 1.31. The summed E-state index contributed by atoms with van der Waals surface area (Å²) in [5.41, 5.74) is 3.11. The van der Waals surface area contributed by atoms with Gasteiger partial charge in [-0.25, -0.2) is 19.2 Å². The largest absolute Gasteiger partial charge is 0.337 e. The summed E-state index contributed by atoms with van der Waals surface area (Å²) in [5.74, 6) is -0.486. The number of hydrogen-bond donors (Lipinski definition) is 1. The molecule has 3 aromatic rings. The molecule has 8 nitrogen and oxygen atoms in total. The fourth-order valence-corrected chi connectivity index (χ4v) is 6.10. The van der Waals surface area contributed by atoms with Gasteiger partial charge in [0.2, 0.25) is 11.8 Å². The van der Waals surface area contributed by atoms with Gasteiger partial charge in [0.25, 0.3) is 0 Å². The number of hydrazine groups is 1. The molecule has 4 amide bonds. The van der Waals surface area contributed by atoms with Crippen molar-refractivity contribution in [1.82, 2.24) is 25.1 Å². The van der Waals surface area contributed by atoms with Gasteiger partial charge in [-0.2, -0.15) is 0 Å². The smallest absolute Gasteiger partial charge is 0.334 e. The Morgan fingerprint density at radius 1 is 0.952 bits per heavy atom. The van der Waals surface area contributed by atoms with Crippen LogP contribution in [0, 0.1) is 5.82 Å². The highest BCUT2D eigenvalue weighted by molar-refractivity contribution is 5.91. The molecule has 2 heterocycles. The molecule has 1 N–H and O–H groups in total. The van der Waals surface area contributed by atoms with E-state index in [1.54, 1.807) is 34.1 Å². The van der Waals surface area contributed by atoms with Crippen LogP contribution in [0.5, 0.6) is 0 Å². The highest BCUT2D eigenvalue weighted by atomic mass is 19.1. The molecule has 42 heavy (non-hydrogen) atoms. The molecule has 5 rings (SSSR count). The second-order valence-electron chi connectivity index (χ2n) is 11.0. The van der Waals surface area contributed by atoms with Crippen molar-refractivity contribution in [2.45, 2.75) is 50.9 Å². The maximum absolute atomic E-state index is 13.9. The van der Waals surface area contributed by atoms with Crippen molar-refractivity contribution < 1.29 is 18.8 Å². The third kappa shape index (κ3) is 6.31. The average Bonchev–Trinajstić information content (AvgIpc) is 3.00. The number of carbonyl (C=O) groups is 3. The number of hydrogen-bond acceptors (Lipinski definition) is 4. The van der Waals surface area contributed by atoms with Gasteiger partial charge in [0, 0.05) is 26.1 Å². The highest BCUT2D eigenvalue weighted by Gasteiger charge is 2.50. The van der Waals surface area contributed by atoms with E-state index < -0.39 is 12.2 Å². The summed E-state index contributed by atoms with van der Waals surface area (Å²) in [7, 11) is 1.71. The lowest BCUT2D eigenvalue weighted by Gasteiger charge is -2.54. The van der Waals surface area contributed by atoms with Crippen LogP contribution in [0.3, 0.4) is 0 Å². The number of nitrogens with zero attached hydrogens (tertiary/aromatic N) is 4. The molecule has 2 aliphatic heterocycles. The van der Waals surface area contributed by atoms with Crippen LogP contribution in [0.2, 0.25) is 0 Å². The van der Waals surface area contributed by atoms with Crippen LogP contribution in [-0.4, -0.2) is 76.6 Å². The lowest BCUT2D eigenvalue weighted by molar-refractivity contribution is -0.187. The van der Waals surface area contributed by atoms with E-state index >= 15 is 0 Å². The van der Waals surface area contributed by atoms with Crippen molar-refractivity contribution in [3.63, 3.8) is 0 Å². The maximum atomic E-state index is 13.9. The molecule has 0 spiro atoms. The lowest BCUT2D eigenvalue weighted by atomic mass is 9.88. The molecule has 220 valence electrons. The molecule has 0 radical (unpaired) electrons. The Hall–Kier alpha value is -4.24. The number of rotatable bonds is 9. The minimum absolute atomic E-state index is 0.00193. The number of halogens is 1. The molecule has 3 aromatic carbocycles. The van der Waals surface area contributed by atoms with Crippen LogP contribution in [0.4, 0.5) is 9.18 Å². The van der Waals surface area contributed by atoms with Gasteiger partial charge in [0.15, 0.2) is 0 Å². The van der Waals surface area contributed by atoms with Gasteiger partial charge in [-0.05, 0) is 41.7 Å². The van der Waals surface area contributed by atoms with Gasteiger partial charge in [-0.15, -0.1) is 0 Å². The topological polar surface area (TPSA) is 76.2 Å². The molecular formula is C33H38FN5O3. The fraction of sp³-hybridized carbons (Fsp3) is 0.364. The first kappa shape index (κ1) is 29.3. The Morgan fingerprint density at radius 3 is 2.17 bits per heavy atom. The number of urea groups is 1. The van der Waals surface area contributed by atoms with Crippen LogP contribution in [-0.2, 0) is 16.1 Å². The number of nitrogens with one attached hydrogen (secondary N) is 1. The Labute approximate surface area is 246 Å². The third-order valence-corrected chi connectivity index (χ3v) is 8.16. The molecule has 2 atom stereocenters. The zero-order valence-electron chi connectivity index (χ0n) is 24.2. The van der Waals surface area contributed by atoms with Crippen molar-refractivity contribution in [2.24, 2.45) is 0 Å². The van der Waals surface area contributed by atoms with Gasteiger partial charge in [0.1, 0.15) is 18.0 Å². The fourth-order valence-electron chi connectivity index (χ4n) is 6.10. The Balaban J connectivity index is 1.38. The highest BCUT2D eigenvalue weighted by Crippen LogP contribution is 2.31. The lowest BCUT2D eigenvalue weighted by Crippen LogP contribution is -2.76. The summed E-state index contributed by atoms with van der Waals surface area (Å²) in [4.78, 5) is 44.2. The van der Waals surface area contributed by atoms with Crippen molar-refractivity contribution >= 4 is 17.8 Å². The molecule has 2 aliphatic rings. The van der Waals surface area contributed by atoms with Gasteiger partial charge < -0.3 is 15.1 Å². The molecule has 9 heteroatoms. The summed E-state index contributed by atoms with van der Waals surface area (Å²) >= 11 is 0. The second kappa shape index (κ2) is 13.2. The van der Waals surface area contributed by atoms with E-state index in [2.05, 4.69) is 29.6 Å².